The van der Waals surface area contributed by atoms with Crippen molar-refractivity contribution in [1.82, 2.24) is 0 Å². The molecule has 0 aliphatic heterocycles. The van der Waals surface area contributed by atoms with E-state index in [1.165, 1.54) is 5.57 Å². The van der Waals surface area contributed by atoms with Crippen LogP contribution in [0.15, 0.2) is 11.6 Å². The largest absolute Gasteiger partial charge is 0.395 e. The number of carbonyl (C=O) groups is 1. The number of hydrogen-bond acceptors (Lipinski definition) is 3. The van der Waals surface area contributed by atoms with E-state index in [2.05, 4.69) is 13.8 Å². The average molecular weight is 318 g/mol. The highest BCUT2D eigenvalue weighted by atomic mass is 16.3. The first-order valence-corrected chi connectivity index (χ1v) is 9.46. The van der Waals surface area contributed by atoms with E-state index in [0.717, 1.165) is 38.5 Å². The van der Waals surface area contributed by atoms with Crippen molar-refractivity contribution in [3.8, 4) is 0 Å². The number of ketones is 1. The minimum absolute atomic E-state index is 0.0761. The zero-order valence-electron chi connectivity index (χ0n) is 14.4. The van der Waals surface area contributed by atoms with Crippen LogP contribution in [-0.4, -0.2) is 28.7 Å². The van der Waals surface area contributed by atoms with Crippen molar-refractivity contribution in [2.45, 2.75) is 64.9 Å². The summed E-state index contributed by atoms with van der Waals surface area (Å²) in [6.07, 6.45) is 8.61. The van der Waals surface area contributed by atoms with Gasteiger partial charge in [-0.1, -0.05) is 19.4 Å². The van der Waals surface area contributed by atoms with Gasteiger partial charge in [-0.25, -0.2) is 0 Å². The molecule has 2 N–H and O–H groups in total. The van der Waals surface area contributed by atoms with Crippen molar-refractivity contribution < 1.29 is 15.0 Å². The standard InChI is InChI=1S/C20H30O3/c1-12-9-14(22)10-13-3-4-15-16-5-6-18(23)19(16,2)8-7-17(15)20(12,13)11-21/h10,12,15-18,21,23H,3-9,11H2,1-2H3/t12-,15+,16+,17+,18+,19+,20+/m1/s1. The Morgan fingerprint density at radius 2 is 2.00 bits per heavy atom. The van der Waals surface area contributed by atoms with Crippen LogP contribution in [0, 0.1) is 34.5 Å². The Bertz CT molecular complexity index is 553. The molecule has 7 atom stereocenters. The predicted octanol–water partition coefficient (Wildman–Crippen LogP) is 3.10. The monoisotopic (exact) mass is 318 g/mol. The van der Waals surface area contributed by atoms with Crippen LogP contribution in [0.5, 0.6) is 0 Å². The van der Waals surface area contributed by atoms with Crippen LogP contribution in [-0.2, 0) is 4.79 Å². The third kappa shape index (κ3) is 1.93. The molecular weight excluding hydrogens is 288 g/mol. The molecule has 0 bridgehead atoms. The smallest absolute Gasteiger partial charge is 0.155 e. The lowest BCUT2D eigenvalue weighted by Crippen LogP contribution is -2.56. The molecule has 0 unspecified atom stereocenters. The third-order valence-electron chi connectivity index (χ3n) is 8.38. The van der Waals surface area contributed by atoms with Crippen LogP contribution in [0.2, 0.25) is 0 Å². The summed E-state index contributed by atoms with van der Waals surface area (Å²) < 4.78 is 0. The zero-order valence-corrected chi connectivity index (χ0v) is 14.4. The molecule has 4 rings (SSSR count). The Kier molecular flexibility index (Phi) is 3.55. The summed E-state index contributed by atoms with van der Waals surface area (Å²) in [6, 6.07) is 0. The van der Waals surface area contributed by atoms with Crippen molar-refractivity contribution in [3.05, 3.63) is 11.6 Å². The Hall–Kier alpha value is -0.670. The number of hydrogen-bond donors (Lipinski definition) is 2. The molecule has 0 radical (unpaired) electrons. The van der Waals surface area contributed by atoms with Crippen LogP contribution >= 0.6 is 0 Å². The van der Waals surface area contributed by atoms with Crippen molar-refractivity contribution in [2.24, 2.45) is 34.5 Å². The van der Waals surface area contributed by atoms with Gasteiger partial charge in [-0.15, -0.1) is 0 Å². The van der Waals surface area contributed by atoms with Crippen molar-refractivity contribution in [3.63, 3.8) is 0 Å². The van der Waals surface area contributed by atoms with Gasteiger partial charge in [-0.3, -0.25) is 4.79 Å². The summed E-state index contributed by atoms with van der Waals surface area (Å²) in [7, 11) is 0. The first kappa shape index (κ1) is 15.8. The summed E-state index contributed by atoms with van der Waals surface area (Å²) in [5, 5.41) is 20.9. The van der Waals surface area contributed by atoms with Gasteiger partial charge in [-0.2, -0.15) is 0 Å². The highest BCUT2D eigenvalue weighted by Gasteiger charge is 2.61. The maximum absolute atomic E-state index is 12.0. The van der Waals surface area contributed by atoms with E-state index in [1.54, 1.807) is 0 Å². The molecule has 3 fully saturated rings. The predicted molar refractivity (Wildman–Crippen MR) is 88.7 cm³/mol. The SMILES string of the molecule is C[C@@H]1CC(=O)C=C2CC[C@H]3[C@@H]4CC[C@H](O)[C@@]4(C)CC[C@@H]3[C@]21CO. The number of rotatable bonds is 1. The minimum atomic E-state index is -0.175. The Labute approximate surface area is 139 Å². The molecule has 0 amide bonds. The fourth-order valence-corrected chi connectivity index (χ4v) is 7.10. The van der Waals surface area contributed by atoms with E-state index in [4.69, 9.17) is 0 Å². The molecule has 23 heavy (non-hydrogen) atoms. The third-order valence-corrected chi connectivity index (χ3v) is 8.38. The highest BCUT2D eigenvalue weighted by molar-refractivity contribution is 5.92. The van der Waals surface area contributed by atoms with Crippen LogP contribution < -0.4 is 0 Å². The first-order valence-electron chi connectivity index (χ1n) is 9.46. The number of fused-ring (bicyclic) bond motifs is 5. The summed E-state index contributed by atoms with van der Waals surface area (Å²) in [5.74, 6) is 2.16. The molecule has 3 saturated carbocycles. The Balaban J connectivity index is 1.75. The number of carbonyl (C=O) groups excluding carboxylic acids is 1. The minimum Gasteiger partial charge on any atom is -0.395 e. The molecule has 4 aliphatic rings. The van der Waals surface area contributed by atoms with Crippen molar-refractivity contribution in [2.75, 3.05) is 6.61 Å². The summed E-state index contributed by atoms with van der Waals surface area (Å²) in [4.78, 5) is 12.0. The number of aliphatic hydroxyl groups is 2. The second-order valence-electron chi connectivity index (χ2n) is 8.99. The van der Waals surface area contributed by atoms with Gasteiger partial charge < -0.3 is 10.2 Å². The van der Waals surface area contributed by atoms with E-state index in [1.807, 2.05) is 6.08 Å². The maximum atomic E-state index is 12.0. The lowest BCUT2D eigenvalue weighted by atomic mass is 9.45. The summed E-state index contributed by atoms with van der Waals surface area (Å²) in [5.41, 5.74) is 1.13. The fourth-order valence-electron chi connectivity index (χ4n) is 7.10. The molecular formula is C20H30O3. The van der Waals surface area contributed by atoms with Crippen molar-refractivity contribution in [1.29, 1.82) is 0 Å². The van der Waals surface area contributed by atoms with Crippen LogP contribution in [0.25, 0.3) is 0 Å². The first-order chi connectivity index (χ1) is 10.9. The molecule has 0 aromatic carbocycles. The molecule has 128 valence electrons. The van der Waals surface area contributed by atoms with Gasteiger partial charge in [0.05, 0.1) is 12.7 Å². The molecule has 3 heteroatoms. The highest BCUT2D eigenvalue weighted by Crippen LogP contribution is 2.66. The molecule has 3 nitrogen and oxygen atoms in total. The lowest BCUT2D eigenvalue weighted by Gasteiger charge is -2.60. The average Bonchev–Trinajstić information content (AvgIpc) is 2.82. The molecule has 0 aromatic rings. The summed E-state index contributed by atoms with van der Waals surface area (Å²) >= 11 is 0. The quantitative estimate of drug-likeness (QED) is 0.781. The van der Waals surface area contributed by atoms with Gasteiger partial charge in [0.2, 0.25) is 0 Å². The zero-order chi connectivity index (χ0) is 16.4. The lowest BCUT2D eigenvalue weighted by molar-refractivity contribution is -0.126. The van der Waals surface area contributed by atoms with Gasteiger partial charge in [0.15, 0.2) is 5.78 Å². The van der Waals surface area contributed by atoms with Gasteiger partial charge in [0.1, 0.15) is 0 Å². The maximum Gasteiger partial charge on any atom is 0.155 e. The van der Waals surface area contributed by atoms with E-state index in [0.29, 0.717) is 24.2 Å². The topological polar surface area (TPSA) is 57.5 Å². The van der Waals surface area contributed by atoms with E-state index in [9.17, 15) is 15.0 Å². The summed E-state index contributed by atoms with van der Waals surface area (Å²) in [6.45, 7) is 4.64. The van der Waals surface area contributed by atoms with E-state index >= 15 is 0 Å². The second-order valence-corrected chi connectivity index (χ2v) is 8.99. The molecule has 0 saturated heterocycles. The van der Waals surface area contributed by atoms with Crippen LogP contribution in [0.4, 0.5) is 0 Å². The van der Waals surface area contributed by atoms with Crippen molar-refractivity contribution >= 4 is 5.78 Å². The second kappa shape index (κ2) is 5.16. The molecule has 4 aliphatic carbocycles. The van der Waals surface area contributed by atoms with E-state index in [-0.39, 0.29) is 35.2 Å². The van der Waals surface area contributed by atoms with Gasteiger partial charge in [0, 0.05) is 11.8 Å². The van der Waals surface area contributed by atoms with Gasteiger partial charge in [0.25, 0.3) is 0 Å². The van der Waals surface area contributed by atoms with E-state index < -0.39 is 0 Å². The van der Waals surface area contributed by atoms with Crippen LogP contribution in [0.1, 0.15) is 58.8 Å². The van der Waals surface area contributed by atoms with Gasteiger partial charge >= 0.3 is 0 Å². The molecule has 0 heterocycles. The molecule has 0 spiro atoms. The molecule has 0 aromatic heterocycles. The number of aliphatic hydroxyl groups excluding tert-OH is 2. The Morgan fingerprint density at radius 3 is 2.74 bits per heavy atom. The fraction of sp³-hybridized carbons (Fsp3) is 0.850. The van der Waals surface area contributed by atoms with Crippen LogP contribution in [0.3, 0.4) is 0 Å². The normalized spacial score (nSPS) is 52.4. The van der Waals surface area contributed by atoms with Gasteiger partial charge in [-0.05, 0) is 73.7 Å². The Morgan fingerprint density at radius 1 is 1.22 bits per heavy atom.